The van der Waals surface area contributed by atoms with Crippen LogP contribution in [0.25, 0.3) is 0 Å². The van der Waals surface area contributed by atoms with Crippen LogP contribution < -0.4 is 5.32 Å². The van der Waals surface area contributed by atoms with Crippen molar-refractivity contribution < 1.29 is 9.45 Å². The van der Waals surface area contributed by atoms with E-state index in [9.17, 15) is 10.1 Å². The first-order valence-corrected chi connectivity index (χ1v) is 6.68. The average Bonchev–Trinajstić information content (AvgIpc) is 2.71. The fraction of sp³-hybridized carbons (Fsp3) is 0.333. The van der Waals surface area contributed by atoms with Crippen LogP contribution in [0.4, 0.5) is 11.5 Å². The van der Waals surface area contributed by atoms with E-state index in [4.69, 9.17) is 4.52 Å². The van der Waals surface area contributed by atoms with E-state index in [2.05, 4.69) is 31.4 Å². The van der Waals surface area contributed by atoms with Gasteiger partial charge in [0.05, 0.1) is 21.1 Å². The van der Waals surface area contributed by atoms with Crippen molar-refractivity contribution >= 4 is 27.4 Å². The minimum absolute atomic E-state index is 0.0626. The van der Waals surface area contributed by atoms with Gasteiger partial charge in [-0.15, -0.1) is 0 Å². The van der Waals surface area contributed by atoms with Crippen LogP contribution in [0.5, 0.6) is 0 Å². The molecule has 0 saturated heterocycles. The Bertz CT molecular complexity index is 637. The summed E-state index contributed by atoms with van der Waals surface area (Å²) in [5, 5.41) is 17.7. The summed E-state index contributed by atoms with van der Waals surface area (Å²) in [6.45, 7) is 5.65. The lowest BCUT2D eigenvalue weighted by Crippen LogP contribution is -2.10. The Morgan fingerprint density at radius 3 is 2.70 bits per heavy atom. The highest BCUT2D eigenvalue weighted by molar-refractivity contribution is 9.10. The maximum Gasteiger partial charge on any atom is 0.288 e. The lowest BCUT2D eigenvalue weighted by atomic mass is 10.1. The summed E-state index contributed by atoms with van der Waals surface area (Å²) in [5.41, 5.74) is 1.70. The van der Waals surface area contributed by atoms with E-state index >= 15 is 0 Å². The number of nitrogens with one attached hydrogen (secondary N) is 1. The van der Waals surface area contributed by atoms with Crippen LogP contribution >= 0.6 is 15.9 Å². The third kappa shape index (κ3) is 2.79. The molecule has 0 amide bonds. The number of aromatic nitrogens is 2. The molecular weight excluding hydrogens is 328 g/mol. The SMILES string of the molecule is Cc1noc(C)c1C(C)Nc1ncc([N+](=O)[O-])cc1Br. The van der Waals surface area contributed by atoms with Crippen LogP contribution in [-0.4, -0.2) is 15.1 Å². The van der Waals surface area contributed by atoms with Crippen molar-refractivity contribution in [3.05, 3.63) is 43.9 Å². The highest BCUT2D eigenvalue weighted by Gasteiger charge is 2.18. The summed E-state index contributed by atoms with van der Waals surface area (Å²) in [6.07, 6.45) is 1.22. The molecule has 1 N–H and O–H groups in total. The second-order valence-corrected chi connectivity index (χ2v) is 5.24. The standard InChI is InChI=1S/C12H13BrN4O3/c1-6(11-7(2)16-20-8(11)3)15-12-10(13)4-9(5-14-12)17(18)19/h4-6H,1-3H3,(H,14,15). The summed E-state index contributed by atoms with van der Waals surface area (Å²) < 4.78 is 5.66. The highest BCUT2D eigenvalue weighted by atomic mass is 79.9. The first-order valence-electron chi connectivity index (χ1n) is 5.89. The maximum atomic E-state index is 10.7. The monoisotopic (exact) mass is 340 g/mol. The van der Waals surface area contributed by atoms with E-state index in [1.807, 2.05) is 20.8 Å². The zero-order chi connectivity index (χ0) is 14.9. The number of hydrogen-bond donors (Lipinski definition) is 1. The summed E-state index contributed by atoms with van der Waals surface area (Å²) in [5.74, 6) is 1.27. The van der Waals surface area contributed by atoms with Gasteiger partial charge in [-0.1, -0.05) is 5.16 Å². The summed E-state index contributed by atoms with van der Waals surface area (Å²) >= 11 is 3.28. The smallest absolute Gasteiger partial charge is 0.288 e. The largest absolute Gasteiger partial charge is 0.362 e. The topological polar surface area (TPSA) is 94.1 Å². The predicted octanol–water partition coefficient (Wildman–Crippen LogP) is 3.53. The van der Waals surface area contributed by atoms with Gasteiger partial charge in [0.2, 0.25) is 0 Å². The molecule has 0 aliphatic rings. The van der Waals surface area contributed by atoms with Crippen LogP contribution in [0, 0.1) is 24.0 Å². The van der Waals surface area contributed by atoms with Crippen molar-refractivity contribution in [3.8, 4) is 0 Å². The van der Waals surface area contributed by atoms with Crippen molar-refractivity contribution in [2.45, 2.75) is 26.8 Å². The lowest BCUT2D eigenvalue weighted by Gasteiger charge is -2.15. The Labute approximate surface area is 123 Å². The molecule has 1 atom stereocenters. The van der Waals surface area contributed by atoms with Crippen molar-refractivity contribution in [2.24, 2.45) is 0 Å². The van der Waals surface area contributed by atoms with Gasteiger partial charge in [-0.05, 0) is 36.7 Å². The first-order chi connectivity index (χ1) is 9.40. The Balaban J connectivity index is 2.24. The number of anilines is 1. The number of nitrogens with zero attached hydrogens (tertiary/aromatic N) is 3. The minimum atomic E-state index is -0.487. The van der Waals surface area contributed by atoms with E-state index in [1.54, 1.807) is 0 Å². The van der Waals surface area contributed by atoms with Crippen molar-refractivity contribution in [1.29, 1.82) is 0 Å². The van der Waals surface area contributed by atoms with Gasteiger partial charge in [-0.3, -0.25) is 10.1 Å². The molecule has 2 aromatic heterocycles. The van der Waals surface area contributed by atoms with Crippen molar-refractivity contribution in [3.63, 3.8) is 0 Å². The molecule has 2 aromatic rings. The zero-order valence-corrected chi connectivity index (χ0v) is 12.8. The van der Waals surface area contributed by atoms with Crippen molar-refractivity contribution in [1.82, 2.24) is 10.1 Å². The van der Waals surface area contributed by atoms with Gasteiger partial charge in [0.1, 0.15) is 17.8 Å². The van der Waals surface area contributed by atoms with E-state index < -0.39 is 4.92 Å². The number of hydrogen-bond acceptors (Lipinski definition) is 6. The molecule has 8 heteroatoms. The average molecular weight is 341 g/mol. The molecule has 2 rings (SSSR count). The molecule has 0 radical (unpaired) electrons. The summed E-state index contributed by atoms with van der Waals surface area (Å²) in [6, 6.07) is 1.33. The zero-order valence-electron chi connectivity index (χ0n) is 11.2. The van der Waals surface area contributed by atoms with Gasteiger partial charge in [-0.2, -0.15) is 0 Å². The number of pyridine rings is 1. The third-order valence-corrected chi connectivity index (χ3v) is 3.52. The molecule has 106 valence electrons. The third-order valence-electron chi connectivity index (χ3n) is 2.91. The lowest BCUT2D eigenvalue weighted by molar-refractivity contribution is -0.385. The molecule has 2 heterocycles. The van der Waals surface area contributed by atoms with Gasteiger partial charge in [0.15, 0.2) is 0 Å². The molecule has 0 aliphatic carbocycles. The highest BCUT2D eigenvalue weighted by Crippen LogP contribution is 2.29. The fourth-order valence-electron chi connectivity index (χ4n) is 2.02. The molecule has 0 spiro atoms. The number of halogens is 1. The van der Waals surface area contributed by atoms with Gasteiger partial charge >= 0.3 is 0 Å². The summed E-state index contributed by atoms with van der Waals surface area (Å²) in [4.78, 5) is 14.2. The van der Waals surface area contributed by atoms with Gasteiger partial charge < -0.3 is 9.84 Å². The molecule has 0 fully saturated rings. The fourth-order valence-corrected chi connectivity index (χ4v) is 2.47. The molecule has 7 nitrogen and oxygen atoms in total. The van der Waals surface area contributed by atoms with Crippen LogP contribution in [0.2, 0.25) is 0 Å². The molecule has 0 saturated carbocycles. The normalized spacial score (nSPS) is 12.2. The molecule has 0 bridgehead atoms. The first kappa shape index (κ1) is 14.4. The predicted molar refractivity (Wildman–Crippen MR) is 76.6 cm³/mol. The molecule has 20 heavy (non-hydrogen) atoms. The van der Waals surface area contributed by atoms with Gasteiger partial charge in [0.25, 0.3) is 5.69 Å². The second kappa shape index (κ2) is 5.58. The maximum absolute atomic E-state index is 10.7. The van der Waals surface area contributed by atoms with Crippen LogP contribution in [0.3, 0.4) is 0 Å². The van der Waals surface area contributed by atoms with E-state index in [-0.39, 0.29) is 11.7 Å². The van der Waals surface area contributed by atoms with Crippen molar-refractivity contribution in [2.75, 3.05) is 5.32 Å². The van der Waals surface area contributed by atoms with Crippen LogP contribution in [0.15, 0.2) is 21.3 Å². The van der Waals surface area contributed by atoms with E-state index in [0.29, 0.717) is 10.3 Å². The quantitative estimate of drug-likeness (QED) is 0.675. The van der Waals surface area contributed by atoms with E-state index in [1.165, 1.54) is 12.3 Å². The Morgan fingerprint density at radius 1 is 1.50 bits per heavy atom. The van der Waals surface area contributed by atoms with Crippen LogP contribution in [0.1, 0.15) is 30.0 Å². The Kier molecular flexibility index (Phi) is 4.03. The van der Waals surface area contributed by atoms with Gasteiger partial charge in [-0.25, -0.2) is 4.98 Å². The number of aryl methyl sites for hydroxylation is 2. The molecule has 0 aromatic carbocycles. The molecular formula is C12H13BrN4O3. The Hall–Kier alpha value is -1.96. The second-order valence-electron chi connectivity index (χ2n) is 4.38. The summed E-state index contributed by atoms with van der Waals surface area (Å²) in [7, 11) is 0. The van der Waals surface area contributed by atoms with Crippen LogP contribution in [-0.2, 0) is 0 Å². The molecule has 1 unspecified atom stereocenters. The van der Waals surface area contributed by atoms with Gasteiger partial charge in [0, 0.05) is 11.6 Å². The Morgan fingerprint density at radius 2 is 2.20 bits per heavy atom. The number of rotatable bonds is 4. The molecule has 0 aliphatic heterocycles. The minimum Gasteiger partial charge on any atom is -0.362 e. The number of nitro groups is 1. The van der Waals surface area contributed by atoms with E-state index in [0.717, 1.165) is 17.0 Å².